The van der Waals surface area contributed by atoms with Crippen molar-refractivity contribution >= 4 is 23.5 Å². The molecule has 2 N–H and O–H groups in total. The Balaban J connectivity index is 2.09. The molecule has 136 valence electrons. The number of halogens is 1. The molecule has 1 saturated heterocycles. The molecule has 2 rings (SSSR count). The van der Waals surface area contributed by atoms with Gasteiger partial charge in [0, 0.05) is 20.1 Å². The number of rotatable bonds is 7. The van der Waals surface area contributed by atoms with Crippen LogP contribution in [0.2, 0.25) is 0 Å². The number of amides is 2. The quantitative estimate of drug-likeness (QED) is 0.768. The molecule has 2 atom stereocenters. The van der Waals surface area contributed by atoms with Gasteiger partial charge in [0.2, 0.25) is 11.8 Å². The largest absolute Gasteiger partial charge is 0.481 e. The molecule has 0 spiro atoms. The van der Waals surface area contributed by atoms with E-state index in [1.807, 2.05) is 0 Å². The number of hydrogen-bond donors (Lipinski definition) is 2. The number of ether oxygens (including phenoxy) is 1. The molecule has 7 nitrogen and oxygen atoms in total. The SMILES string of the molecule is COCC(C)(CC(=O)O)NC(=O)C1CC(=O)N(c2ccccc2F)C1. The minimum Gasteiger partial charge on any atom is -0.481 e. The van der Waals surface area contributed by atoms with Gasteiger partial charge < -0.3 is 20.1 Å². The van der Waals surface area contributed by atoms with Gasteiger partial charge in [0.05, 0.1) is 30.2 Å². The molecule has 0 radical (unpaired) electrons. The molecule has 8 heteroatoms. The number of carbonyl (C=O) groups is 3. The molecular formula is C17H21FN2O5. The third kappa shape index (κ3) is 4.54. The average molecular weight is 352 g/mol. The summed E-state index contributed by atoms with van der Waals surface area (Å²) in [4.78, 5) is 36.9. The van der Waals surface area contributed by atoms with Crippen LogP contribution in [0.25, 0.3) is 0 Å². The third-order valence-corrected chi connectivity index (χ3v) is 4.07. The van der Waals surface area contributed by atoms with Crippen molar-refractivity contribution in [2.24, 2.45) is 5.92 Å². The zero-order valence-electron chi connectivity index (χ0n) is 14.1. The van der Waals surface area contributed by atoms with E-state index in [9.17, 15) is 18.8 Å². The second-order valence-electron chi connectivity index (χ2n) is 6.41. The lowest BCUT2D eigenvalue weighted by molar-refractivity contribution is -0.140. The highest BCUT2D eigenvalue weighted by atomic mass is 19.1. The minimum absolute atomic E-state index is 0.0166. The Hall–Kier alpha value is -2.48. The van der Waals surface area contributed by atoms with Gasteiger partial charge in [-0.2, -0.15) is 0 Å². The van der Waals surface area contributed by atoms with E-state index in [-0.39, 0.29) is 37.6 Å². The Kier molecular flexibility index (Phi) is 5.73. The van der Waals surface area contributed by atoms with Crippen LogP contribution < -0.4 is 10.2 Å². The fraction of sp³-hybridized carbons (Fsp3) is 0.471. The van der Waals surface area contributed by atoms with Crippen LogP contribution in [0.5, 0.6) is 0 Å². The number of benzene rings is 1. The first kappa shape index (κ1) is 18.9. The van der Waals surface area contributed by atoms with Crippen LogP contribution in [-0.4, -0.2) is 48.7 Å². The summed E-state index contributed by atoms with van der Waals surface area (Å²) in [6.07, 6.45) is -0.374. The van der Waals surface area contributed by atoms with Crippen molar-refractivity contribution in [3.05, 3.63) is 30.1 Å². The number of hydrogen-bond acceptors (Lipinski definition) is 4. The Morgan fingerprint density at radius 3 is 2.72 bits per heavy atom. The third-order valence-electron chi connectivity index (χ3n) is 4.07. The predicted molar refractivity (Wildman–Crippen MR) is 87.5 cm³/mol. The van der Waals surface area contributed by atoms with Gasteiger partial charge in [-0.25, -0.2) is 4.39 Å². The number of para-hydroxylation sites is 1. The van der Waals surface area contributed by atoms with E-state index in [4.69, 9.17) is 9.84 Å². The summed E-state index contributed by atoms with van der Waals surface area (Å²) in [6, 6.07) is 5.86. The first-order valence-electron chi connectivity index (χ1n) is 7.83. The summed E-state index contributed by atoms with van der Waals surface area (Å²) in [7, 11) is 1.41. The van der Waals surface area contributed by atoms with Gasteiger partial charge in [-0.15, -0.1) is 0 Å². The van der Waals surface area contributed by atoms with Crippen molar-refractivity contribution in [1.29, 1.82) is 0 Å². The molecule has 25 heavy (non-hydrogen) atoms. The van der Waals surface area contributed by atoms with Gasteiger partial charge in [-0.3, -0.25) is 14.4 Å². The lowest BCUT2D eigenvalue weighted by Gasteiger charge is -2.29. The van der Waals surface area contributed by atoms with E-state index in [0.717, 1.165) is 0 Å². The average Bonchev–Trinajstić information content (AvgIpc) is 2.89. The van der Waals surface area contributed by atoms with Gasteiger partial charge in [0.15, 0.2) is 0 Å². The van der Waals surface area contributed by atoms with Gasteiger partial charge >= 0.3 is 5.97 Å². The first-order chi connectivity index (χ1) is 11.8. The fourth-order valence-electron chi connectivity index (χ4n) is 2.97. The van der Waals surface area contributed by atoms with Crippen molar-refractivity contribution < 1.29 is 28.6 Å². The highest BCUT2D eigenvalue weighted by Crippen LogP contribution is 2.27. The van der Waals surface area contributed by atoms with E-state index in [1.165, 1.54) is 30.2 Å². The molecule has 1 aliphatic heterocycles. The van der Waals surface area contributed by atoms with Crippen LogP contribution in [0.4, 0.5) is 10.1 Å². The summed E-state index contributed by atoms with van der Waals surface area (Å²) in [5, 5.41) is 11.7. The first-order valence-corrected chi connectivity index (χ1v) is 7.83. The Morgan fingerprint density at radius 1 is 1.44 bits per heavy atom. The summed E-state index contributed by atoms with van der Waals surface area (Å²) in [5.74, 6) is -3.09. The Labute approximate surface area is 144 Å². The number of methoxy groups -OCH3 is 1. The normalized spacial score (nSPS) is 19.6. The Bertz CT molecular complexity index is 681. The number of carboxylic acid groups (broad SMARTS) is 1. The zero-order chi connectivity index (χ0) is 18.6. The summed E-state index contributed by atoms with van der Waals surface area (Å²) >= 11 is 0. The van der Waals surface area contributed by atoms with Crippen molar-refractivity contribution in [3.63, 3.8) is 0 Å². The molecule has 1 aromatic carbocycles. The lowest BCUT2D eigenvalue weighted by atomic mass is 9.97. The van der Waals surface area contributed by atoms with Crippen LogP contribution in [0, 0.1) is 11.7 Å². The number of anilines is 1. The molecule has 0 bridgehead atoms. The molecule has 2 amide bonds. The fourth-order valence-corrected chi connectivity index (χ4v) is 2.97. The summed E-state index contributed by atoms with van der Waals surface area (Å²) in [6.45, 7) is 1.62. The van der Waals surface area contributed by atoms with E-state index in [0.29, 0.717) is 0 Å². The van der Waals surface area contributed by atoms with Gasteiger partial charge in [-0.05, 0) is 19.1 Å². The standard InChI is InChI=1S/C17H21FN2O5/c1-17(10-25-2,8-15(22)23)19-16(24)11-7-14(21)20(9-11)13-6-4-3-5-12(13)18/h3-6,11H,7-10H2,1-2H3,(H,19,24)(H,22,23). The topological polar surface area (TPSA) is 95.9 Å². The number of nitrogens with zero attached hydrogens (tertiary/aromatic N) is 1. The zero-order valence-corrected chi connectivity index (χ0v) is 14.1. The maximum absolute atomic E-state index is 13.9. The molecule has 1 fully saturated rings. The minimum atomic E-state index is -1.09. The number of nitrogens with one attached hydrogen (secondary N) is 1. The monoisotopic (exact) mass is 352 g/mol. The molecule has 2 unspecified atom stereocenters. The molecule has 0 aliphatic carbocycles. The summed E-state index contributed by atoms with van der Waals surface area (Å²) in [5.41, 5.74) is -0.959. The van der Waals surface area contributed by atoms with E-state index < -0.39 is 29.2 Å². The smallest absolute Gasteiger partial charge is 0.305 e. The highest BCUT2D eigenvalue weighted by Gasteiger charge is 2.39. The van der Waals surface area contributed by atoms with Gasteiger partial charge in [-0.1, -0.05) is 12.1 Å². The molecule has 0 saturated carbocycles. The van der Waals surface area contributed by atoms with E-state index >= 15 is 0 Å². The van der Waals surface area contributed by atoms with Crippen LogP contribution in [0.15, 0.2) is 24.3 Å². The number of carboxylic acids is 1. The van der Waals surface area contributed by atoms with E-state index in [1.54, 1.807) is 13.0 Å². The van der Waals surface area contributed by atoms with Gasteiger partial charge in [0.25, 0.3) is 0 Å². The molecule has 1 heterocycles. The maximum Gasteiger partial charge on any atom is 0.305 e. The highest BCUT2D eigenvalue weighted by molar-refractivity contribution is 6.00. The van der Waals surface area contributed by atoms with Crippen LogP contribution in [-0.2, 0) is 19.1 Å². The maximum atomic E-state index is 13.9. The summed E-state index contributed by atoms with van der Waals surface area (Å²) < 4.78 is 18.9. The second kappa shape index (κ2) is 7.60. The second-order valence-corrected chi connectivity index (χ2v) is 6.41. The Morgan fingerprint density at radius 2 is 2.12 bits per heavy atom. The van der Waals surface area contributed by atoms with Crippen LogP contribution in [0.1, 0.15) is 19.8 Å². The number of carbonyl (C=O) groups excluding carboxylic acids is 2. The van der Waals surface area contributed by atoms with Crippen molar-refractivity contribution in [1.82, 2.24) is 5.32 Å². The predicted octanol–water partition coefficient (Wildman–Crippen LogP) is 1.17. The lowest BCUT2D eigenvalue weighted by Crippen LogP contribution is -2.52. The van der Waals surface area contributed by atoms with Crippen LogP contribution >= 0.6 is 0 Å². The molecule has 1 aromatic rings. The molecule has 0 aromatic heterocycles. The van der Waals surface area contributed by atoms with Crippen molar-refractivity contribution in [2.75, 3.05) is 25.2 Å². The van der Waals surface area contributed by atoms with Crippen molar-refractivity contribution in [3.8, 4) is 0 Å². The van der Waals surface area contributed by atoms with Crippen LogP contribution in [0.3, 0.4) is 0 Å². The van der Waals surface area contributed by atoms with E-state index in [2.05, 4.69) is 5.32 Å². The molecule has 1 aliphatic rings. The van der Waals surface area contributed by atoms with Crippen molar-refractivity contribution in [2.45, 2.75) is 25.3 Å². The number of aliphatic carboxylic acids is 1. The molecular weight excluding hydrogens is 331 g/mol. The van der Waals surface area contributed by atoms with Gasteiger partial charge in [0.1, 0.15) is 5.82 Å².